The van der Waals surface area contributed by atoms with E-state index in [9.17, 15) is 0 Å². The minimum absolute atomic E-state index is 0.607. The molecule has 0 atom stereocenters. The van der Waals surface area contributed by atoms with Crippen LogP contribution in [0.15, 0.2) is 10.7 Å². The number of aryl methyl sites for hydroxylation is 1. The van der Waals surface area contributed by atoms with Crippen LogP contribution in [0.1, 0.15) is 49.5 Å². The van der Waals surface area contributed by atoms with E-state index in [2.05, 4.69) is 25.9 Å². The zero-order valence-corrected chi connectivity index (χ0v) is 10.0. The van der Waals surface area contributed by atoms with Gasteiger partial charge in [-0.1, -0.05) is 19.3 Å². The first-order valence-corrected chi connectivity index (χ1v) is 6.05. The Labute approximate surface area is 93.3 Å². The van der Waals surface area contributed by atoms with E-state index in [-0.39, 0.29) is 0 Å². The molecule has 1 fully saturated rings. The summed E-state index contributed by atoms with van der Waals surface area (Å²) in [5, 5.41) is 0. The van der Waals surface area contributed by atoms with Gasteiger partial charge in [0.15, 0.2) is 0 Å². The Bertz CT molecular complexity index is 319. The van der Waals surface area contributed by atoms with Gasteiger partial charge in [0, 0.05) is 12.1 Å². The van der Waals surface area contributed by atoms with Gasteiger partial charge in [0.1, 0.15) is 5.82 Å². The van der Waals surface area contributed by atoms with Gasteiger partial charge in [-0.05, 0) is 35.7 Å². The summed E-state index contributed by atoms with van der Waals surface area (Å²) in [6.07, 6.45) is 8.46. The van der Waals surface area contributed by atoms with Gasteiger partial charge in [0.05, 0.1) is 10.2 Å². The zero-order valence-electron chi connectivity index (χ0n) is 8.46. The summed E-state index contributed by atoms with van der Waals surface area (Å²) in [4.78, 5) is 8.94. The molecule has 0 aromatic carbocycles. The Balaban J connectivity index is 2.18. The summed E-state index contributed by atoms with van der Waals surface area (Å²) < 4.78 is 1.01. The van der Waals surface area contributed by atoms with Crippen LogP contribution in [-0.4, -0.2) is 9.97 Å². The fourth-order valence-electron chi connectivity index (χ4n) is 2.03. The van der Waals surface area contributed by atoms with Crippen LogP contribution in [-0.2, 0) is 0 Å². The van der Waals surface area contributed by atoms with Gasteiger partial charge in [0.2, 0.25) is 0 Å². The Morgan fingerprint density at radius 3 is 2.64 bits per heavy atom. The van der Waals surface area contributed by atoms with Crippen molar-refractivity contribution in [3.05, 3.63) is 22.2 Å². The van der Waals surface area contributed by atoms with E-state index < -0.39 is 0 Å². The maximum atomic E-state index is 4.54. The summed E-state index contributed by atoms with van der Waals surface area (Å²) in [6.45, 7) is 2.03. The van der Waals surface area contributed by atoms with Gasteiger partial charge in [-0.25, -0.2) is 9.97 Å². The average molecular weight is 255 g/mol. The molecule has 0 radical (unpaired) electrons. The Morgan fingerprint density at radius 2 is 2.00 bits per heavy atom. The Kier molecular flexibility index (Phi) is 3.16. The van der Waals surface area contributed by atoms with Gasteiger partial charge >= 0.3 is 0 Å². The van der Waals surface area contributed by atoms with Gasteiger partial charge in [-0.2, -0.15) is 0 Å². The molecule has 0 N–H and O–H groups in total. The summed E-state index contributed by atoms with van der Waals surface area (Å²) in [7, 11) is 0. The Hall–Kier alpha value is -0.440. The van der Waals surface area contributed by atoms with Crippen molar-refractivity contribution in [1.82, 2.24) is 9.97 Å². The van der Waals surface area contributed by atoms with Crippen LogP contribution in [0.3, 0.4) is 0 Å². The van der Waals surface area contributed by atoms with Crippen molar-refractivity contribution >= 4 is 15.9 Å². The molecule has 1 aromatic rings. The van der Waals surface area contributed by atoms with E-state index in [1.54, 1.807) is 0 Å². The van der Waals surface area contributed by atoms with Crippen molar-refractivity contribution in [3.8, 4) is 0 Å². The van der Waals surface area contributed by atoms with E-state index in [4.69, 9.17) is 0 Å². The third-order valence-electron chi connectivity index (χ3n) is 2.91. The van der Waals surface area contributed by atoms with Crippen molar-refractivity contribution in [2.75, 3.05) is 0 Å². The maximum Gasteiger partial charge on any atom is 0.131 e. The van der Waals surface area contributed by atoms with Crippen LogP contribution in [0, 0.1) is 6.92 Å². The van der Waals surface area contributed by atoms with Crippen LogP contribution < -0.4 is 0 Å². The monoisotopic (exact) mass is 254 g/mol. The lowest BCUT2D eigenvalue weighted by Gasteiger charge is -2.20. The van der Waals surface area contributed by atoms with Crippen LogP contribution in [0.2, 0.25) is 0 Å². The predicted molar refractivity (Wildman–Crippen MR) is 60.3 cm³/mol. The number of hydrogen-bond acceptors (Lipinski definition) is 2. The van der Waals surface area contributed by atoms with E-state index in [0.717, 1.165) is 16.0 Å². The molecule has 3 heteroatoms. The molecule has 1 aliphatic rings. The molecular formula is C11H15BrN2. The lowest BCUT2D eigenvalue weighted by molar-refractivity contribution is 0.428. The van der Waals surface area contributed by atoms with Crippen molar-refractivity contribution in [3.63, 3.8) is 0 Å². The highest BCUT2D eigenvalue weighted by molar-refractivity contribution is 9.10. The van der Waals surface area contributed by atoms with Gasteiger partial charge in [-0.3, -0.25) is 0 Å². The number of hydrogen-bond donors (Lipinski definition) is 0. The lowest BCUT2D eigenvalue weighted by atomic mass is 9.89. The van der Waals surface area contributed by atoms with Crippen molar-refractivity contribution in [2.45, 2.75) is 44.9 Å². The molecule has 1 aromatic heterocycles. The topological polar surface area (TPSA) is 25.8 Å². The van der Waals surface area contributed by atoms with Crippen LogP contribution in [0.4, 0.5) is 0 Å². The first kappa shape index (κ1) is 10.1. The number of nitrogens with zero attached hydrogens (tertiary/aromatic N) is 2. The Morgan fingerprint density at radius 1 is 1.29 bits per heavy atom. The van der Waals surface area contributed by atoms with Crippen molar-refractivity contribution in [1.29, 1.82) is 0 Å². The van der Waals surface area contributed by atoms with Crippen LogP contribution in [0.25, 0.3) is 0 Å². The lowest BCUT2D eigenvalue weighted by Crippen LogP contribution is -2.09. The van der Waals surface area contributed by atoms with Crippen molar-refractivity contribution < 1.29 is 0 Å². The summed E-state index contributed by atoms with van der Waals surface area (Å²) in [5.74, 6) is 1.65. The van der Waals surface area contributed by atoms with Gasteiger partial charge in [0.25, 0.3) is 0 Å². The average Bonchev–Trinajstić information content (AvgIpc) is 2.23. The molecule has 76 valence electrons. The number of rotatable bonds is 1. The molecule has 1 aliphatic carbocycles. The largest absolute Gasteiger partial charge is 0.240 e. The normalized spacial score (nSPS) is 18.4. The maximum absolute atomic E-state index is 4.54. The standard InChI is InChI=1S/C11H15BrN2/c1-8-10(12)7-13-11(14-8)9-5-3-2-4-6-9/h7,9H,2-6H2,1H3. The molecule has 1 heterocycles. The molecule has 0 aliphatic heterocycles. The third-order valence-corrected chi connectivity index (χ3v) is 3.69. The first-order chi connectivity index (χ1) is 6.77. The highest BCUT2D eigenvalue weighted by Gasteiger charge is 2.18. The third kappa shape index (κ3) is 2.14. The zero-order chi connectivity index (χ0) is 9.97. The fraction of sp³-hybridized carbons (Fsp3) is 0.636. The SMILES string of the molecule is Cc1nc(C2CCCCC2)ncc1Br. The van der Waals surface area contributed by atoms with Crippen LogP contribution >= 0.6 is 15.9 Å². The number of halogens is 1. The highest BCUT2D eigenvalue weighted by Crippen LogP contribution is 2.31. The summed E-state index contributed by atoms with van der Waals surface area (Å²) >= 11 is 3.43. The van der Waals surface area contributed by atoms with Gasteiger partial charge in [-0.15, -0.1) is 0 Å². The second kappa shape index (κ2) is 4.39. The first-order valence-electron chi connectivity index (χ1n) is 5.26. The number of aromatic nitrogens is 2. The second-order valence-electron chi connectivity index (χ2n) is 4.00. The van der Waals surface area contributed by atoms with Crippen LogP contribution in [0.5, 0.6) is 0 Å². The quantitative estimate of drug-likeness (QED) is 0.766. The molecule has 0 saturated heterocycles. The van der Waals surface area contributed by atoms with Crippen molar-refractivity contribution in [2.24, 2.45) is 0 Å². The fourth-order valence-corrected chi connectivity index (χ4v) is 2.22. The predicted octanol–water partition coefficient (Wildman–Crippen LogP) is 3.60. The second-order valence-corrected chi connectivity index (χ2v) is 4.85. The smallest absolute Gasteiger partial charge is 0.131 e. The molecule has 2 rings (SSSR count). The molecule has 0 amide bonds. The molecular weight excluding hydrogens is 240 g/mol. The molecule has 0 unspecified atom stereocenters. The van der Waals surface area contributed by atoms with E-state index in [1.165, 1.54) is 32.1 Å². The molecule has 0 bridgehead atoms. The molecule has 2 nitrogen and oxygen atoms in total. The van der Waals surface area contributed by atoms with E-state index in [0.29, 0.717) is 5.92 Å². The molecule has 14 heavy (non-hydrogen) atoms. The molecule has 1 saturated carbocycles. The minimum atomic E-state index is 0.607. The van der Waals surface area contributed by atoms with E-state index in [1.807, 2.05) is 13.1 Å². The summed E-state index contributed by atoms with van der Waals surface area (Å²) in [5.41, 5.74) is 1.06. The van der Waals surface area contributed by atoms with Gasteiger partial charge < -0.3 is 0 Å². The molecule has 0 spiro atoms. The minimum Gasteiger partial charge on any atom is -0.240 e. The van der Waals surface area contributed by atoms with E-state index >= 15 is 0 Å². The summed E-state index contributed by atoms with van der Waals surface area (Å²) in [6, 6.07) is 0. The highest BCUT2D eigenvalue weighted by atomic mass is 79.9.